The third-order valence-electron chi connectivity index (χ3n) is 3.94. The third kappa shape index (κ3) is 2.73. The molecule has 23 heavy (non-hydrogen) atoms. The van der Waals surface area contributed by atoms with Crippen LogP contribution in [0.3, 0.4) is 0 Å². The van der Waals surface area contributed by atoms with Gasteiger partial charge >= 0.3 is 0 Å². The van der Waals surface area contributed by atoms with Crippen LogP contribution in [-0.4, -0.2) is 33.7 Å². The summed E-state index contributed by atoms with van der Waals surface area (Å²) >= 11 is 1.62. The lowest BCUT2D eigenvalue weighted by molar-refractivity contribution is -0.114. The third-order valence-corrected chi connectivity index (χ3v) is 4.80. The van der Waals surface area contributed by atoms with E-state index in [-0.39, 0.29) is 5.91 Å². The molecule has 1 unspecified atom stereocenters. The normalized spacial score (nSPS) is 17.7. The molecule has 0 spiro atoms. The molecule has 3 aromatic heterocycles. The molecule has 0 aliphatic carbocycles. The molecule has 0 saturated carbocycles. The van der Waals surface area contributed by atoms with Gasteiger partial charge in [0.15, 0.2) is 5.13 Å². The van der Waals surface area contributed by atoms with Gasteiger partial charge in [-0.3, -0.25) is 9.36 Å². The van der Waals surface area contributed by atoms with Crippen LogP contribution in [0.5, 0.6) is 0 Å². The van der Waals surface area contributed by atoms with Crippen LogP contribution in [0.4, 0.5) is 5.82 Å². The number of hydrogen-bond acceptors (Lipinski definition) is 5. The molecule has 1 aliphatic heterocycles. The molecule has 1 fully saturated rings. The van der Waals surface area contributed by atoms with E-state index in [1.807, 2.05) is 22.9 Å². The maximum atomic E-state index is 11.2. The zero-order chi connectivity index (χ0) is 15.8. The summed E-state index contributed by atoms with van der Waals surface area (Å²) in [5.74, 6) is 0.817. The van der Waals surface area contributed by atoms with Crippen LogP contribution in [-0.2, 0) is 9.53 Å². The number of rotatable bonds is 3. The fourth-order valence-electron chi connectivity index (χ4n) is 2.79. The van der Waals surface area contributed by atoms with E-state index in [2.05, 4.69) is 15.7 Å². The van der Waals surface area contributed by atoms with Crippen molar-refractivity contribution in [1.82, 2.24) is 14.5 Å². The van der Waals surface area contributed by atoms with Crippen LogP contribution in [0.2, 0.25) is 0 Å². The predicted molar refractivity (Wildman–Crippen MR) is 89.2 cm³/mol. The molecule has 4 heterocycles. The van der Waals surface area contributed by atoms with E-state index in [9.17, 15) is 4.79 Å². The van der Waals surface area contributed by atoms with Crippen molar-refractivity contribution < 1.29 is 9.53 Å². The first-order valence-electron chi connectivity index (χ1n) is 7.49. The number of nitrogens with one attached hydrogen (secondary N) is 1. The first-order valence-corrected chi connectivity index (χ1v) is 8.37. The molecule has 1 aliphatic rings. The van der Waals surface area contributed by atoms with Crippen LogP contribution in [0.1, 0.15) is 25.0 Å². The maximum absolute atomic E-state index is 11.2. The van der Waals surface area contributed by atoms with Crippen molar-refractivity contribution in [3.63, 3.8) is 0 Å². The largest absolute Gasteiger partial charge is 0.381 e. The predicted octanol–water partition coefficient (Wildman–Crippen LogP) is 2.94. The molecule has 1 atom stereocenters. The van der Waals surface area contributed by atoms with Crippen molar-refractivity contribution in [3.8, 4) is 5.13 Å². The minimum absolute atomic E-state index is 0.132. The number of ether oxygens (including phenoxy) is 1. The summed E-state index contributed by atoms with van der Waals surface area (Å²) in [5.41, 5.74) is 2.08. The van der Waals surface area contributed by atoms with E-state index in [0.717, 1.165) is 41.4 Å². The van der Waals surface area contributed by atoms with Gasteiger partial charge in [-0.1, -0.05) is 0 Å². The number of thiazole rings is 1. The summed E-state index contributed by atoms with van der Waals surface area (Å²) in [5, 5.41) is 6.76. The Labute approximate surface area is 137 Å². The van der Waals surface area contributed by atoms with Crippen LogP contribution in [0.15, 0.2) is 29.9 Å². The van der Waals surface area contributed by atoms with Crippen molar-refractivity contribution in [2.24, 2.45) is 0 Å². The van der Waals surface area contributed by atoms with E-state index in [1.54, 1.807) is 17.5 Å². The molecule has 1 saturated heterocycles. The van der Waals surface area contributed by atoms with Gasteiger partial charge in [-0.05, 0) is 12.5 Å². The molecular weight excluding hydrogens is 312 g/mol. The highest BCUT2D eigenvalue weighted by Gasteiger charge is 2.21. The van der Waals surface area contributed by atoms with Gasteiger partial charge in [-0.15, -0.1) is 11.3 Å². The topological polar surface area (TPSA) is 69.0 Å². The lowest BCUT2D eigenvalue weighted by Gasteiger charge is -2.05. The number of hydrogen-bond donors (Lipinski definition) is 1. The average Bonchev–Trinajstić information content (AvgIpc) is 3.25. The minimum Gasteiger partial charge on any atom is -0.381 e. The first-order chi connectivity index (χ1) is 11.2. The molecule has 4 rings (SSSR count). The summed E-state index contributed by atoms with van der Waals surface area (Å²) in [6.07, 6.45) is 4.78. The quantitative estimate of drug-likeness (QED) is 0.802. The summed E-state index contributed by atoms with van der Waals surface area (Å²) in [6.45, 7) is 3.05. The number of carbonyl (C=O) groups is 1. The second-order valence-corrected chi connectivity index (χ2v) is 6.45. The molecule has 0 bridgehead atoms. The van der Waals surface area contributed by atoms with E-state index >= 15 is 0 Å². The molecule has 118 valence electrons. The van der Waals surface area contributed by atoms with Crippen LogP contribution in [0, 0.1) is 0 Å². The number of anilines is 1. The molecule has 0 radical (unpaired) electrons. The molecule has 3 aromatic rings. The van der Waals surface area contributed by atoms with E-state index in [4.69, 9.17) is 9.72 Å². The van der Waals surface area contributed by atoms with Crippen molar-refractivity contribution in [2.45, 2.75) is 19.3 Å². The fourth-order valence-corrected chi connectivity index (χ4v) is 3.69. The number of pyridine rings is 1. The van der Waals surface area contributed by atoms with Gasteiger partial charge in [0.1, 0.15) is 5.82 Å². The molecule has 7 heteroatoms. The van der Waals surface area contributed by atoms with Crippen molar-refractivity contribution in [1.29, 1.82) is 0 Å². The monoisotopic (exact) mass is 328 g/mol. The number of fused-ring (bicyclic) bond motifs is 1. The lowest BCUT2D eigenvalue weighted by atomic mass is 10.1. The zero-order valence-electron chi connectivity index (χ0n) is 12.7. The Morgan fingerprint density at radius 1 is 1.52 bits per heavy atom. The van der Waals surface area contributed by atoms with Crippen molar-refractivity contribution >= 4 is 34.0 Å². The highest BCUT2D eigenvalue weighted by atomic mass is 32.1. The number of nitrogens with zero attached hydrogens (tertiary/aromatic N) is 3. The van der Waals surface area contributed by atoms with Gasteiger partial charge in [-0.25, -0.2) is 9.97 Å². The smallest absolute Gasteiger partial charge is 0.222 e. The Bertz CT molecular complexity index is 864. The molecule has 1 N–H and O–H groups in total. The van der Waals surface area contributed by atoms with Gasteiger partial charge in [0.2, 0.25) is 5.91 Å². The van der Waals surface area contributed by atoms with Gasteiger partial charge in [0, 0.05) is 48.7 Å². The Kier molecular flexibility index (Phi) is 3.59. The summed E-state index contributed by atoms with van der Waals surface area (Å²) < 4.78 is 7.48. The fraction of sp³-hybridized carbons (Fsp3) is 0.312. The summed E-state index contributed by atoms with van der Waals surface area (Å²) in [7, 11) is 0. The molecular formula is C16H16N4O2S. The SMILES string of the molecule is CC(=O)Nc1cc2c(ccn2-c2nc(C3CCOC3)cs2)cn1. The zero-order valence-corrected chi connectivity index (χ0v) is 13.5. The Balaban J connectivity index is 1.71. The van der Waals surface area contributed by atoms with Crippen molar-refractivity contribution in [2.75, 3.05) is 18.5 Å². The second-order valence-electron chi connectivity index (χ2n) is 5.61. The molecule has 0 aromatic carbocycles. The molecule has 1 amide bonds. The summed E-state index contributed by atoms with van der Waals surface area (Å²) in [6, 6.07) is 3.87. The Hall–Kier alpha value is -2.25. The van der Waals surface area contributed by atoms with E-state index < -0.39 is 0 Å². The average molecular weight is 328 g/mol. The van der Waals surface area contributed by atoms with E-state index in [0.29, 0.717) is 11.7 Å². The van der Waals surface area contributed by atoms with Gasteiger partial charge in [-0.2, -0.15) is 0 Å². The highest BCUT2D eigenvalue weighted by molar-refractivity contribution is 7.12. The summed E-state index contributed by atoms with van der Waals surface area (Å²) in [4.78, 5) is 20.2. The van der Waals surface area contributed by atoms with Crippen molar-refractivity contribution in [3.05, 3.63) is 35.6 Å². The number of aromatic nitrogens is 3. The Morgan fingerprint density at radius 2 is 2.43 bits per heavy atom. The number of carbonyl (C=O) groups excluding carboxylic acids is 1. The number of amides is 1. The maximum Gasteiger partial charge on any atom is 0.222 e. The first kappa shape index (κ1) is 14.3. The molecule has 6 nitrogen and oxygen atoms in total. The Morgan fingerprint density at radius 3 is 3.22 bits per heavy atom. The second kappa shape index (κ2) is 5.75. The standard InChI is InChI=1S/C16H16N4O2S/c1-10(21)18-15-6-14-11(7-17-15)2-4-20(14)16-19-13(9-23-16)12-3-5-22-8-12/h2,4,6-7,9,12H,3,5,8H2,1H3,(H,17,18,21). The van der Waals surface area contributed by atoms with Crippen LogP contribution in [0.25, 0.3) is 16.0 Å². The van der Waals surface area contributed by atoms with Crippen LogP contribution >= 0.6 is 11.3 Å². The minimum atomic E-state index is -0.132. The van der Waals surface area contributed by atoms with Crippen LogP contribution < -0.4 is 5.32 Å². The van der Waals surface area contributed by atoms with E-state index in [1.165, 1.54) is 6.92 Å². The van der Waals surface area contributed by atoms with Gasteiger partial charge < -0.3 is 10.1 Å². The highest BCUT2D eigenvalue weighted by Crippen LogP contribution is 2.29. The van der Waals surface area contributed by atoms with Gasteiger partial charge in [0.05, 0.1) is 17.8 Å². The van der Waals surface area contributed by atoms with Gasteiger partial charge in [0.25, 0.3) is 0 Å². The lowest BCUT2D eigenvalue weighted by Crippen LogP contribution is -2.07.